The number of nitrogens with one attached hydrogen (secondary N) is 2. The van der Waals surface area contributed by atoms with E-state index in [1.165, 1.54) is 18.2 Å². The molecule has 1 aliphatic rings. The van der Waals surface area contributed by atoms with Gasteiger partial charge in [0, 0.05) is 22.7 Å². The largest absolute Gasteiger partial charge is 0.326 e. The maximum atomic E-state index is 13.9. The van der Waals surface area contributed by atoms with Gasteiger partial charge in [0.15, 0.2) is 0 Å². The van der Waals surface area contributed by atoms with Crippen molar-refractivity contribution in [1.82, 2.24) is 0 Å². The number of carbonyl (C=O) groups is 2. The average Bonchev–Trinajstić information content (AvgIpc) is 3.38. The fraction of sp³-hybridized carbons (Fsp3) is 0.120. The van der Waals surface area contributed by atoms with E-state index in [0.717, 1.165) is 17.7 Å². The van der Waals surface area contributed by atoms with Crippen molar-refractivity contribution in [2.75, 3.05) is 10.6 Å². The maximum Gasteiger partial charge on any atom is 0.257 e. The Balaban J connectivity index is 1.51. The zero-order valence-corrected chi connectivity index (χ0v) is 20.7. The van der Waals surface area contributed by atoms with Crippen LogP contribution in [0.2, 0.25) is 10.0 Å². The summed E-state index contributed by atoms with van der Waals surface area (Å²) in [5.41, 5.74) is 1.43. The van der Waals surface area contributed by atoms with Gasteiger partial charge in [0.1, 0.15) is 16.0 Å². The van der Waals surface area contributed by atoms with Crippen molar-refractivity contribution in [3.63, 3.8) is 0 Å². The van der Waals surface area contributed by atoms with Crippen LogP contribution in [-0.2, 0) is 4.79 Å². The van der Waals surface area contributed by atoms with E-state index in [-0.39, 0.29) is 22.0 Å². The van der Waals surface area contributed by atoms with Crippen molar-refractivity contribution in [3.8, 4) is 0 Å². The summed E-state index contributed by atoms with van der Waals surface area (Å²) in [6.45, 7) is 3.69. The lowest BCUT2D eigenvalue weighted by Crippen LogP contribution is -2.18. The molecule has 1 fully saturated rings. The van der Waals surface area contributed by atoms with Crippen molar-refractivity contribution in [2.45, 2.75) is 10.3 Å². The molecular weight excluding hydrogens is 540 g/mol. The van der Waals surface area contributed by atoms with E-state index in [0.29, 0.717) is 16.7 Å². The molecule has 3 aromatic rings. The van der Waals surface area contributed by atoms with Crippen LogP contribution in [0, 0.1) is 17.6 Å². The average molecular weight is 556 g/mol. The highest BCUT2D eigenvalue weighted by Crippen LogP contribution is 2.65. The highest BCUT2D eigenvalue weighted by molar-refractivity contribution is 6.53. The van der Waals surface area contributed by atoms with Crippen molar-refractivity contribution in [2.24, 2.45) is 5.92 Å². The molecule has 0 aromatic heterocycles. The van der Waals surface area contributed by atoms with Gasteiger partial charge in [0.25, 0.3) is 5.91 Å². The first-order valence-corrected chi connectivity index (χ1v) is 11.7. The van der Waals surface area contributed by atoms with Gasteiger partial charge in [-0.05, 0) is 47.5 Å². The molecule has 0 radical (unpaired) electrons. The van der Waals surface area contributed by atoms with Gasteiger partial charge in [-0.25, -0.2) is 8.78 Å². The monoisotopic (exact) mass is 554 g/mol. The molecule has 2 N–H and O–H groups in total. The lowest BCUT2D eigenvalue weighted by atomic mass is 10.1. The van der Waals surface area contributed by atoms with Crippen LogP contribution < -0.4 is 10.6 Å². The fourth-order valence-corrected chi connectivity index (χ4v) is 5.05. The molecule has 1 saturated carbocycles. The third-order valence-corrected chi connectivity index (χ3v) is 7.19. The second-order valence-electron chi connectivity index (χ2n) is 7.88. The molecule has 0 aliphatic heterocycles. The van der Waals surface area contributed by atoms with Gasteiger partial charge < -0.3 is 10.6 Å². The molecule has 0 unspecified atom stereocenters. The minimum absolute atomic E-state index is 0.0321. The fourth-order valence-electron chi connectivity index (χ4n) is 3.75. The van der Waals surface area contributed by atoms with Gasteiger partial charge in [0.05, 0.1) is 22.2 Å². The summed E-state index contributed by atoms with van der Waals surface area (Å²) >= 11 is 25.2. The number of alkyl halides is 2. The molecule has 0 saturated heterocycles. The number of anilines is 2. The molecule has 3 aromatic carbocycles. The van der Waals surface area contributed by atoms with E-state index in [2.05, 4.69) is 17.2 Å². The quantitative estimate of drug-likeness (QED) is 0.306. The maximum absolute atomic E-state index is 13.9. The topological polar surface area (TPSA) is 58.2 Å². The van der Waals surface area contributed by atoms with E-state index in [9.17, 15) is 18.4 Å². The molecule has 10 heteroatoms. The lowest BCUT2D eigenvalue weighted by Gasteiger charge is -2.11. The Morgan fingerprint density at radius 3 is 2.34 bits per heavy atom. The summed E-state index contributed by atoms with van der Waals surface area (Å²) in [4.78, 5) is 25.6. The van der Waals surface area contributed by atoms with Crippen molar-refractivity contribution >= 4 is 75.7 Å². The van der Waals surface area contributed by atoms with Gasteiger partial charge >= 0.3 is 0 Å². The van der Waals surface area contributed by atoms with E-state index in [4.69, 9.17) is 46.4 Å². The predicted molar refractivity (Wildman–Crippen MR) is 137 cm³/mol. The predicted octanol–water partition coefficient (Wildman–Crippen LogP) is 7.69. The number of halogens is 6. The Morgan fingerprint density at radius 2 is 1.69 bits per heavy atom. The number of amides is 2. The third kappa shape index (κ3) is 5.16. The molecule has 35 heavy (non-hydrogen) atoms. The van der Waals surface area contributed by atoms with Crippen LogP contribution >= 0.6 is 46.4 Å². The van der Waals surface area contributed by atoms with Crippen molar-refractivity contribution < 1.29 is 18.4 Å². The van der Waals surface area contributed by atoms with Crippen LogP contribution in [0.5, 0.6) is 0 Å². The second kappa shape index (κ2) is 9.78. The standard InChI is InChI=1S/C25H16Cl4F2N2O2/c1-2-12-3-4-13(9-18(12)27)21-22(25(21,28)29)24(35)32-15-6-7-17(26)16(11-15)23(34)33-20-8-5-14(30)10-19(20)31/h2-11,21-22H,1H2,(H,32,35)(H,33,34)/t21-,22+/m1/s1. The molecule has 0 spiro atoms. The Hall–Kier alpha value is -2.64. The first kappa shape index (κ1) is 25.5. The normalized spacial score (nSPS) is 18.0. The summed E-state index contributed by atoms with van der Waals surface area (Å²) in [6, 6.07) is 12.2. The van der Waals surface area contributed by atoms with Crippen LogP contribution in [0.3, 0.4) is 0 Å². The Kier molecular flexibility index (Phi) is 7.11. The summed E-state index contributed by atoms with van der Waals surface area (Å²) < 4.78 is 25.7. The third-order valence-electron chi connectivity index (χ3n) is 5.60. The van der Waals surface area contributed by atoms with Gasteiger partial charge in [-0.3, -0.25) is 9.59 Å². The van der Waals surface area contributed by atoms with Crippen LogP contribution in [0.4, 0.5) is 20.2 Å². The first-order valence-electron chi connectivity index (χ1n) is 10.2. The van der Waals surface area contributed by atoms with Gasteiger partial charge in [-0.2, -0.15) is 0 Å². The Labute approximate surface area is 219 Å². The van der Waals surface area contributed by atoms with Gasteiger partial charge in [0.2, 0.25) is 5.91 Å². The van der Waals surface area contributed by atoms with Crippen LogP contribution in [0.25, 0.3) is 6.08 Å². The number of hydrogen-bond donors (Lipinski definition) is 2. The molecule has 1 aliphatic carbocycles. The van der Waals surface area contributed by atoms with Crippen LogP contribution in [0.15, 0.2) is 61.2 Å². The number of benzene rings is 3. The molecule has 0 heterocycles. The minimum Gasteiger partial charge on any atom is -0.326 e. The van der Waals surface area contributed by atoms with E-state index in [1.807, 2.05) is 0 Å². The molecular formula is C25H16Cl4F2N2O2. The molecule has 4 nitrogen and oxygen atoms in total. The van der Waals surface area contributed by atoms with Crippen molar-refractivity contribution in [1.29, 1.82) is 0 Å². The van der Waals surface area contributed by atoms with E-state index < -0.39 is 39.6 Å². The Morgan fingerprint density at radius 1 is 0.943 bits per heavy atom. The second-order valence-corrected chi connectivity index (χ2v) is 10.1. The van der Waals surface area contributed by atoms with Crippen molar-refractivity contribution in [3.05, 3.63) is 99.5 Å². The summed E-state index contributed by atoms with van der Waals surface area (Å²) in [5.74, 6) is -4.23. The molecule has 180 valence electrons. The van der Waals surface area contributed by atoms with Gasteiger partial charge in [-0.1, -0.05) is 48.0 Å². The van der Waals surface area contributed by atoms with Crippen LogP contribution in [0.1, 0.15) is 27.4 Å². The number of hydrogen-bond acceptors (Lipinski definition) is 2. The summed E-state index contributed by atoms with van der Waals surface area (Å²) in [6.07, 6.45) is 1.61. The van der Waals surface area contributed by atoms with Crippen LogP contribution in [-0.4, -0.2) is 16.1 Å². The zero-order valence-electron chi connectivity index (χ0n) is 17.7. The summed E-state index contributed by atoms with van der Waals surface area (Å²) in [5, 5.41) is 5.53. The molecule has 0 bridgehead atoms. The SMILES string of the molecule is C=Cc1ccc([C@@H]2[C@@H](C(=O)Nc3ccc(Cl)c(C(=O)Nc4ccc(F)cc4F)c3)C2(Cl)Cl)cc1Cl. The molecule has 2 atom stereocenters. The highest BCUT2D eigenvalue weighted by Gasteiger charge is 2.67. The highest BCUT2D eigenvalue weighted by atomic mass is 35.5. The lowest BCUT2D eigenvalue weighted by molar-refractivity contribution is -0.117. The van der Waals surface area contributed by atoms with E-state index in [1.54, 1.807) is 24.3 Å². The van der Waals surface area contributed by atoms with Gasteiger partial charge in [-0.15, -0.1) is 23.2 Å². The number of carbonyl (C=O) groups excluding carboxylic acids is 2. The minimum atomic E-state index is -1.35. The summed E-state index contributed by atoms with van der Waals surface area (Å²) in [7, 11) is 0. The first-order chi connectivity index (χ1) is 16.5. The number of rotatable bonds is 6. The van der Waals surface area contributed by atoms with E-state index >= 15 is 0 Å². The smallest absolute Gasteiger partial charge is 0.257 e. The molecule has 4 rings (SSSR count). The Bertz CT molecular complexity index is 1360. The molecule has 2 amide bonds. The zero-order chi connectivity index (χ0) is 25.5.